The van der Waals surface area contributed by atoms with E-state index in [1.807, 2.05) is 24.7 Å². The van der Waals surface area contributed by atoms with Crippen LogP contribution in [0.4, 0.5) is 0 Å². The van der Waals surface area contributed by atoms with Crippen LogP contribution in [0.25, 0.3) is 0 Å². The van der Waals surface area contributed by atoms with Gasteiger partial charge in [0.1, 0.15) is 0 Å². The van der Waals surface area contributed by atoms with Gasteiger partial charge in [-0.1, -0.05) is 52.9 Å². The molecule has 0 aliphatic carbocycles. The molecule has 3 rings (SSSR count). The molecular weight excluding hydrogens is 496 g/mol. The van der Waals surface area contributed by atoms with Crippen LogP contribution in [-0.2, 0) is 58.2 Å². The van der Waals surface area contributed by atoms with E-state index in [0.29, 0.717) is 0 Å². The molecular formula is C21H31N3Ru2. The Bertz CT molecular complexity index is 487. The molecule has 0 bridgehead atoms. The van der Waals surface area contributed by atoms with E-state index >= 15 is 0 Å². The van der Waals surface area contributed by atoms with Gasteiger partial charge < -0.3 is 15.0 Å². The third kappa shape index (κ3) is 13.3. The average molecular weight is 528 g/mol. The van der Waals surface area contributed by atoms with Gasteiger partial charge in [-0.3, -0.25) is 0 Å². The molecule has 3 heterocycles. The van der Waals surface area contributed by atoms with Crippen LogP contribution in [0.2, 0.25) is 0 Å². The molecule has 0 radical (unpaired) electrons. The van der Waals surface area contributed by atoms with Crippen LogP contribution >= 0.6 is 0 Å². The first-order chi connectivity index (χ1) is 11.8. The van der Waals surface area contributed by atoms with Gasteiger partial charge in [0, 0.05) is 31.4 Å². The number of H-pyrrole nitrogens is 3. The maximum atomic E-state index is 3.14. The Kier molecular flexibility index (Phi) is 19.8. The predicted octanol–water partition coefficient (Wildman–Crippen LogP) is 5.50. The minimum absolute atomic E-state index is 0. The minimum atomic E-state index is 0. The minimum Gasteiger partial charge on any atom is -0.484 e. The standard InChI is InChI=1S/C7H11N.2C7H10N.2Ru/c1-2-4-7-5-3-6-8-7;2*1-2-3-7-4-5-8-6-7;;/h3,5-6,8H,2,4H2,1H3;2*4-5,8H,2-3H2,1H3;;/q;2*-1;;+2. The third-order valence-electron chi connectivity index (χ3n) is 3.42. The predicted molar refractivity (Wildman–Crippen MR) is 102 cm³/mol. The number of hydrogen-bond acceptors (Lipinski definition) is 0. The zero-order valence-corrected chi connectivity index (χ0v) is 19.5. The molecule has 0 aliphatic rings. The van der Waals surface area contributed by atoms with Gasteiger partial charge in [-0.05, 0) is 18.6 Å². The first kappa shape index (κ1) is 27.3. The number of hydrogen-bond donors (Lipinski definition) is 3. The maximum absolute atomic E-state index is 3.14. The molecule has 0 spiro atoms. The normalized spacial score (nSPS) is 8.88. The fraction of sp³-hybridized carbons (Fsp3) is 0.429. The SMILES string of the molecule is CCCc1[c-][nH]cc1.CCCc1[c-][nH]cc1.CCCc1ccc[nH]1.[Ru+2].[Ru]. The number of aromatic amines is 3. The van der Waals surface area contributed by atoms with Gasteiger partial charge in [0.05, 0.1) is 0 Å². The van der Waals surface area contributed by atoms with Gasteiger partial charge in [-0.15, -0.1) is 12.4 Å². The quantitative estimate of drug-likeness (QED) is 0.280. The first-order valence-electron chi connectivity index (χ1n) is 9.00. The summed E-state index contributed by atoms with van der Waals surface area (Å²) in [6.07, 6.45) is 18.9. The Morgan fingerprint density at radius 1 is 0.731 bits per heavy atom. The molecule has 0 atom stereocenters. The van der Waals surface area contributed by atoms with Gasteiger partial charge in [0.15, 0.2) is 0 Å². The van der Waals surface area contributed by atoms with Gasteiger partial charge in [-0.25, -0.2) is 0 Å². The van der Waals surface area contributed by atoms with Crippen molar-refractivity contribution in [1.29, 1.82) is 0 Å². The molecule has 0 aliphatic heterocycles. The van der Waals surface area contributed by atoms with Crippen molar-refractivity contribution in [3.63, 3.8) is 0 Å². The van der Waals surface area contributed by atoms with E-state index in [1.165, 1.54) is 42.5 Å². The number of aryl methyl sites for hydroxylation is 3. The van der Waals surface area contributed by atoms with Crippen LogP contribution in [0.15, 0.2) is 42.9 Å². The van der Waals surface area contributed by atoms with E-state index in [4.69, 9.17) is 0 Å². The van der Waals surface area contributed by atoms with Crippen molar-refractivity contribution < 1.29 is 39.0 Å². The van der Waals surface area contributed by atoms with Crippen molar-refractivity contribution in [2.24, 2.45) is 0 Å². The van der Waals surface area contributed by atoms with Crippen LogP contribution < -0.4 is 0 Å². The summed E-state index contributed by atoms with van der Waals surface area (Å²) in [5.41, 5.74) is 3.91. The van der Waals surface area contributed by atoms with Crippen LogP contribution in [0.3, 0.4) is 0 Å². The number of rotatable bonds is 6. The Labute approximate surface area is 184 Å². The second-order valence-electron chi connectivity index (χ2n) is 5.70. The molecule has 0 saturated carbocycles. The van der Waals surface area contributed by atoms with E-state index in [0.717, 1.165) is 12.8 Å². The number of aromatic nitrogens is 3. The van der Waals surface area contributed by atoms with E-state index in [1.54, 1.807) is 0 Å². The third-order valence-corrected chi connectivity index (χ3v) is 3.42. The van der Waals surface area contributed by atoms with Crippen molar-refractivity contribution >= 4 is 0 Å². The zero-order valence-electron chi connectivity index (χ0n) is 16.0. The molecule has 0 amide bonds. The van der Waals surface area contributed by atoms with Gasteiger partial charge >= 0.3 is 19.5 Å². The Morgan fingerprint density at radius 2 is 1.23 bits per heavy atom. The second kappa shape index (κ2) is 18.9. The summed E-state index contributed by atoms with van der Waals surface area (Å²) in [6.45, 7) is 6.52. The Morgan fingerprint density at radius 3 is 1.54 bits per heavy atom. The molecule has 0 unspecified atom stereocenters. The van der Waals surface area contributed by atoms with Gasteiger partial charge in [-0.2, -0.15) is 35.7 Å². The fourth-order valence-corrected chi connectivity index (χ4v) is 2.26. The van der Waals surface area contributed by atoms with Crippen LogP contribution in [0.1, 0.15) is 56.9 Å². The van der Waals surface area contributed by atoms with Gasteiger partial charge in [0.25, 0.3) is 0 Å². The van der Waals surface area contributed by atoms with E-state index in [-0.39, 0.29) is 39.0 Å². The van der Waals surface area contributed by atoms with Crippen molar-refractivity contribution in [3.8, 4) is 0 Å². The van der Waals surface area contributed by atoms with Crippen molar-refractivity contribution in [2.75, 3.05) is 0 Å². The molecule has 5 heteroatoms. The summed E-state index contributed by atoms with van der Waals surface area (Å²) in [5.74, 6) is 0. The molecule has 3 aromatic heterocycles. The van der Waals surface area contributed by atoms with Crippen molar-refractivity contribution in [2.45, 2.75) is 59.3 Å². The molecule has 3 N–H and O–H groups in total. The molecule has 0 fully saturated rings. The van der Waals surface area contributed by atoms with Crippen LogP contribution in [0.5, 0.6) is 0 Å². The molecule has 0 saturated heterocycles. The molecule has 3 nitrogen and oxygen atoms in total. The van der Waals surface area contributed by atoms with E-state index < -0.39 is 0 Å². The summed E-state index contributed by atoms with van der Waals surface area (Å²) in [6, 6.07) is 8.27. The van der Waals surface area contributed by atoms with Crippen molar-refractivity contribution in [3.05, 3.63) is 72.1 Å². The summed E-state index contributed by atoms with van der Waals surface area (Å²) in [7, 11) is 0. The first-order valence-corrected chi connectivity index (χ1v) is 9.00. The van der Waals surface area contributed by atoms with Crippen LogP contribution in [-0.4, -0.2) is 15.0 Å². The topological polar surface area (TPSA) is 47.4 Å². The summed E-state index contributed by atoms with van der Waals surface area (Å²) >= 11 is 0. The van der Waals surface area contributed by atoms with Crippen molar-refractivity contribution in [1.82, 2.24) is 15.0 Å². The Hall–Kier alpha value is -0.913. The zero-order chi connectivity index (χ0) is 17.5. The average Bonchev–Trinajstić information content (AvgIpc) is 3.33. The Balaban J connectivity index is 0. The monoisotopic (exact) mass is 529 g/mol. The molecule has 0 aromatic carbocycles. The largest absolute Gasteiger partial charge is 2.00 e. The van der Waals surface area contributed by atoms with Gasteiger partial charge in [0.2, 0.25) is 0 Å². The fourth-order valence-electron chi connectivity index (χ4n) is 2.26. The molecule has 146 valence electrons. The van der Waals surface area contributed by atoms with E-state index in [9.17, 15) is 0 Å². The summed E-state index contributed by atoms with van der Waals surface area (Å²) in [4.78, 5) is 8.92. The molecule has 26 heavy (non-hydrogen) atoms. The van der Waals surface area contributed by atoms with Crippen LogP contribution in [0, 0.1) is 12.4 Å². The van der Waals surface area contributed by atoms with E-state index in [2.05, 4.69) is 66.3 Å². The molecule has 3 aromatic rings. The second-order valence-corrected chi connectivity index (χ2v) is 5.70. The summed E-state index contributed by atoms with van der Waals surface area (Å²) < 4.78 is 0. The smallest absolute Gasteiger partial charge is 0.484 e. The maximum Gasteiger partial charge on any atom is 2.00 e. The number of nitrogens with one attached hydrogen (secondary N) is 3. The summed E-state index contributed by atoms with van der Waals surface area (Å²) in [5, 5.41) is 0.